The van der Waals surface area contributed by atoms with E-state index in [4.69, 9.17) is 23.2 Å². The molecule has 0 saturated heterocycles. The average Bonchev–Trinajstić information content (AvgIpc) is 2.97. The summed E-state index contributed by atoms with van der Waals surface area (Å²) in [7, 11) is -1.51. The van der Waals surface area contributed by atoms with Crippen LogP contribution >= 0.6 is 35.0 Å². The first kappa shape index (κ1) is 19.2. The maximum atomic E-state index is 12.4. The molecule has 1 heterocycles. The molecule has 2 aromatic carbocycles. The zero-order chi connectivity index (χ0) is 18.7. The third-order valence-electron chi connectivity index (χ3n) is 3.69. The molecule has 136 valence electrons. The van der Waals surface area contributed by atoms with Crippen LogP contribution in [0.4, 0.5) is 0 Å². The lowest BCUT2D eigenvalue weighted by Crippen LogP contribution is -2.09. The molecule has 0 spiro atoms. The van der Waals surface area contributed by atoms with Crippen molar-refractivity contribution in [2.24, 2.45) is 7.05 Å². The molecule has 0 radical (unpaired) electrons. The monoisotopic (exact) mass is 427 g/mol. The molecule has 0 aliphatic rings. The van der Waals surface area contributed by atoms with Crippen LogP contribution in [-0.4, -0.2) is 34.7 Å². The first-order chi connectivity index (χ1) is 12.4. The fourth-order valence-corrected chi connectivity index (χ4v) is 5.10. The largest absolute Gasteiger partial charge is 0.305 e. The molecule has 0 atom stereocenters. The van der Waals surface area contributed by atoms with Gasteiger partial charge >= 0.3 is 0 Å². The Hall–Kier alpha value is -1.54. The van der Waals surface area contributed by atoms with Crippen molar-refractivity contribution >= 4 is 44.8 Å². The molecule has 0 amide bonds. The van der Waals surface area contributed by atoms with E-state index in [9.17, 15) is 8.42 Å². The van der Waals surface area contributed by atoms with E-state index < -0.39 is 9.84 Å². The molecule has 0 bridgehead atoms. The number of hydrogen-bond donors (Lipinski definition) is 0. The van der Waals surface area contributed by atoms with Gasteiger partial charge in [0.05, 0.1) is 10.6 Å². The predicted molar refractivity (Wildman–Crippen MR) is 106 cm³/mol. The van der Waals surface area contributed by atoms with E-state index in [0.717, 1.165) is 5.56 Å². The Bertz CT molecular complexity index is 1000. The normalized spacial score (nSPS) is 11.7. The van der Waals surface area contributed by atoms with E-state index >= 15 is 0 Å². The maximum absolute atomic E-state index is 12.4. The number of sulfone groups is 1. The molecule has 0 unspecified atom stereocenters. The molecule has 0 aliphatic carbocycles. The van der Waals surface area contributed by atoms with Crippen LogP contribution in [0.3, 0.4) is 0 Å². The Kier molecular flexibility index (Phi) is 5.92. The number of aromatic nitrogens is 3. The molecule has 1 aromatic heterocycles. The number of halogens is 2. The molecule has 0 fully saturated rings. The van der Waals surface area contributed by atoms with Crippen molar-refractivity contribution in [2.75, 3.05) is 11.5 Å². The standard InChI is InChI=1S/C17H15Cl2N3O2S2/c1-22-16(12-2-4-13(18)5-3-12)20-21-17(22)25-10-11-26(23,24)15-8-6-14(19)7-9-15/h2-9H,10-11H2,1H3. The Balaban J connectivity index is 1.67. The van der Waals surface area contributed by atoms with Crippen LogP contribution in [0.15, 0.2) is 58.6 Å². The topological polar surface area (TPSA) is 64.8 Å². The van der Waals surface area contributed by atoms with Crippen LogP contribution in [-0.2, 0) is 16.9 Å². The van der Waals surface area contributed by atoms with Gasteiger partial charge in [0.1, 0.15) is 0 Å². The van der Waals surface area contributed by atoms with E-state index in [2.05, 4.69) is 10.2 Å². The molecule has 26 heavy (non-hydrogen) atoms. The zero-order valence-corrected chi connectivity index (χ0v) is 16.9. The van der Waals surface area contributed by atoms with E-state index in [0.29, 0.717) is 26.8 Å². The highest BCUT2D eigenvalue weighted by Gasteiger charge is 2.16. The summed E-state index contributed by atoms with van der Waals surface area (Å²) < 4.78 is 26.6. The third-order valence-corrected chi connectivity index (χ3v) is 7.21. The molecule has 9 heteroatoms. The quantitative estimate of drug-likeness (QED) is 0.546. The van der Waals surface area contributed by atoms with Crippen molar-refractivity contribution in [2.45, 2.75) is 10.1 Å². The lowest BCUT2D eigenvalue weighted by atomic mass is 10.2. The minimum absolute atomic E-state index is 0.00242. The minimum atomic E-state index is -3.36. The second-order valence-corrected chi connectivity index (χ2v) is 9.54. The van der Waals surface area contributed by atoms with E-state index in [1.165, 1.54) is 23.9 Å². The summed E-state index contributed by atoms with van der Waals surface area (Å²) in [5.74, 6) is 1.07. The van der Waals surface area contributed by atoms with Gasteiger partial charge in [-0.2, -0.15) is 0 Å². The third kappa shape index (κ3) is 4.40. The maximum Gasteiger partial charge on any atom is 0.191 e. The summed E-state index contributed by atoms with van der Waals surface area (Å²) in [5, 5.41) is 10.1. The highest BCUT2D eigenvalue weighted by Crippen LogP contribution is 2.24. The number of nitrogens with zero attached hydrogens (tertiary/aromatic N) is 3. The lowest BCUT2D eigenvalue weighted by molar-refractivity contribution is 0.597. The second kappa shape index (κ2) is 8.00. The molecule has 5 nitrogen and oxygen atoms in total. The Morgan fingerprint density at radius 1 is 0.962 bits per heavy atom. The molecular formula is C17H15Cl2N3O2S2. The van der Waals surface area contributed by atoms with E-state index in [-0.39, 0.29) is 10.6 Å². The summed E-state index contributed by atoms with van der Waals surface area (Å²) in [5.41, 5.74) is 0.894. The first-order valence-corrected chi connectivity index (χ1v) is 11.0. The number of hydrogen-bond acceptors (Lipinski definition) is 5. The average molecular weight is 428 g/mol. The van der Waals surface area contributed by atoms with Gasteiger partial charge in [-0.15, -0.1) is 10.2 Å². The van der Waals surface area contributed by atoms with Crippen LogP contribution in [0.2, 0.25) is 10.0 Å². The molecular weight excluding hydrogens is 413 g/mol. The summed E-state index contributed by atoms with van der Waals surface area (Å²) in [6.45, 7) is 0. The number of benzene rings is 2. The smallest absolute Gasteiger partial charge is 0.191 e. The summed E-state index contributed by atoms with van der Waals surface area (Å²) in [6, 6.07) is 13.5. The van der Waals surface area contributed by atoms with Crippen molar-refractivity contribution in [1.82, 2.24) is 14.8 Å². The molecule has 3 rings (SSSR count). The van der Waals surface area contributed by atoms with Crippen LogP contribution < -0.4 is 0 Å². The fourth-order valence-electron chi connectivity index (χ4n) is 2.29. The van der Waals surface area contributed by atoms with Gasteiger partial charge in [0.15, 0.2) is 20.8 Å². The Morgan fingerprint density at radius 3 is 2.15 bits per heavy atom. The summed E-state index contributed by atoms with van der Waals surface area (Å²) in [4.78, 5) is 0.266. The van der Waals surface area contributed by atoms with Crippen molar-refractivity contribution in [3.63, 3.8) is 0 Å². The van der Waals surface area contributed by atoms with Gasteiger partial charge < -0.3 is 4.57 Å². The van der Waals surface area contributed by atoms with Crippen molar-refractivity contribution in [1.29, 1.82) is 0 Å². The highest BCUT2D eigenvalue weighted by molar-refractivity contribution is 8.00. The minimum Gasteiger partial charge on any atom is -0.305 e. The van der Waals surface area contributed by atoms with E-state index in [1.807, 2.05) is 23.7 Å². The summed E-state index contributed by atoms with van der Waals surface area (Å²) >= 11 is 13.1. The van der Waals surface area contributed by atoms with Crippen molar-refractivity contribution < 1.29 is 8.42 Å². The SMILES string of the molecule is Cn1c(SCCS(=O)(=O)c2ccc(Cl)cc2)nnc1-c1ccc(Cl)cc1. The first-order valence-electron chi connectivity index (χ1n) is 7.63. The fraction of sp³-hybridized carbons (Fsp3) is 0.176. The molecule has 0 aliphatic heterocycles. The van der Waals surface area contributed by atoms with Crippen LogP contribution in [0.5, 0.6) is 0 Å². The van der Waals surface area contributed by atoms with Gasteiger partial charge in [0.2, 0.25) is 0 Å². The molecule has 0 N–H and O–H groups in total. The highest BCUT2D eigenvalue weighted by atomic mass is 35.5. The number of thioether (sulfide) groups is 1. The van der Waals surface area contributed by atoms with Gasteiger partial charge in [-0.25, -0.2) is 8.42 Å². The van der Waals surface area contributed by atoms with Gasteiger partial charge in [0, 0.05) is 28.4 Å². The van der Waals surface area contributed by atoms with Gasteiger partial charge in [-0.05, 0) is 48.5 Å². The van der Waals surface area contributed by atoms with E-state index in [1.54, 1.807) is 24.3 Å². The predicted octanol–water partition coefficient (Wildman–Crippen LogP) is 4.35. The summed E-state index contributed by atoms with van der Waals surface area (Å²) in [6.07, 6.45) is 0. The van der Waals surface area contributed by atoms with Gasteiger partial charge in [0.25, 0.3) is 0 Å². The lowest BCUT2D eigenvalue weighted by Gasteiger charge is -2.06. The van der Waals surface area contributed by atoms with Gasteiger partial charge in [-0.1, -0.05) is 35.0 Å². The second-order valence-electron chi connectivity index (χ2n) is 5.49. The Morgan fingerprint density at radius 2 is 1.54 bits per heavy atom. The zero-order valence-electron chi connectivity index (χ0n) is 13.8. The van der Waals surface area contributed by atoms with Crippen LogP contribution in [0.25, 0.3) is 11.4 Å². The van der Waals surface area contributed by atoms with Gasteiger partial charge in [-0.3, -0.25) is 0 Å². The Labute approximate surface area is 166 Å². The van der Waals surface area contributed by atoms with Crippen molar-refractivity contribution in [3.8, 4) is 11.4 Å². The molecule has 3 aromatic rings. The molecule has 0 saturated carbocycles. The number of rotatable bonds is 6. The van der Waals surface area contributed by atoms with Crippen LogP contribution in [0.1, 0.15) is 0 Å². The van der Waals surface area contributed by atoms with Crippen LogP contribution in [0, 0.1) is 0 Å². The van der Waals surface area contributed by atoms with Crippen molar-refractivity contribution in [3.05, 3.63) is 58.6 Å².